The number of H-pyrrole nitrogens is 1. The van der Waals surface area contributed by atoms with Gasteiger partial charge in [0.05, 0.1) is 31.4 Å². The van der Waals surface area contributed by atoms with E-state index in [2.05, 4.69) is 20.6 Å². The van der Waals surface area contributed by atoms with Gasteiger partial charge in [-0.2, -0.15) is 0 Å². The molecule has 0 aliphatic heterocycles. The number of carbonyl (C=O) groups excluding carboxylic acids is 1. The van der Waals surface area contributed by atoms with Crippen molar-refractivity contribution in [3.8, 4) is 0 Å². The highest BCUT2D eigenvalue weighted by molar-refractivity contribution is 6.42. The van der Waals surface area contributed by atoms with E-state index in [1.54, 1.807) is 12.1 Å². The second kappa shape index (κ2) is 9.27. The number of benzene rings is 3. The molecule has 0 bridgehead atoms. The van der Waals surface area contributed by atoms with E-state index in [0.29, 0.717) is 15.7 Å². The van der Waals surface area contributed by atoms with Crippen molar-refractivity contribution in [1.82, 2.24) is 15.3 Å². The Morgan fingerprint density at radius 2 is 1.82 bits per heavy atom. The Bertz CT molecular complexity index is 1440. The number of anilines is 2. The lowest BCUT2D eigenvalue weighted by atomic mass is 10.1. The zero-order valence-electron chi connectivity index (χ0n) is 16.8. The van der Waals surface area contributed by atoms with Crippen molar-refractivity contribution in [2.24, 2.45) is 0 Å². The van der Waals surface area contributed by atoms with Gasteiger partial charge in [-0.05, 0) is 23.8 Å². The predicted octanol–water partition coefficient (Wildman–Crippen LogP) is 4.81. The zero-order chi connectivity index (χ0) is 23.5. The van der Waals surface area contributed by atoms with Crippen LogP contribution < -0.4 is 16.2 Å². The first-order chi connectivity index (χ1) is 15.8. The molecule has 0 fully saturated rings. The molecule has 4 aromatic rings. The van der Waals surface area contributed by atoms with Crippen LogP contribution in [-0.2, 0) is 6.54 Å². The fourth-order valence-electron chi connectivity index (χ4n) is 3.15. The number of halogens is 2. The molecule has 3 aromatic carbocycles. The number of fused-ring (bicyclic) bond motifs is 1. The summed E-state index contributed by atoms with van der Waals surface area (Å²) in [5, 5.41) is 17.5. The van der Waals surface area contributed by atoms with Crippen LogP contribution in [0.3, 0.4) is 0 Å². The first kappa shape index (κ1) is 22.3. The average Bonchev–Trinajstić information content (AvgIpc) is 2.80. The van der Waals surface area contributed by atoms with E-state index in [4.69, 9.17) is 23.2 Å². The van der Waals surface area contributed by atoms with Gasteiger partial charge in [-0.25, -0.2) is 4.98 Å². The highest BCUT2D eigenvalue weighted by atomic mass is 35.5. The minimum Gasteiger partial charge on any atom is -0.348 e. The van der Waals surface area contributed by atoms with Crippen molar-refractivity contribution in [3.05, 3.63) is 102 Å². The van der Waals surface area contributed by atoms with E-state index in [1.165, 1.54) is 6.07 Å². The number of nitrogens with one attached hydrogen (secondary N) is 3. The van der Waals surface area contributed by atoms with Crippen LogP contribution in [0, 0.1) is 10.1 Å². The van der Waals surface area contributed by atoms with Crippen LogP contribution in [0.1, 0.15) is 15.9 Å². The largest absolute Gasteiger partial charge is 0.348 e. The van der Waals surface area contributed by atoms with Crippen LogP contribution in [0.25, 0.3) is 10.9 Å². The van der Waals surface area contributed by atoms with Gasteiger partial charge in [-0.15, -0.1) is 0 Å². The molecule has 11 heteroatoms. The standard InChI is InChI=1S/C22H15Cl2N5O4/c23-17-7-6-13(8-18(17)24)26-22-27-19-15(20(30)25-11-12-4-2-1-3-5-12)9-14(29(32)33)10-16(19)21(31)28-22/h1-10H,11H2,(H,25,30)(H2,26,27,28,31). The number of nitrogens with zero attached hydrogens (tertiary/aromatic N) is 2. The molecule has 9 nitrogen and oxygen atoms in total. The van der Waals surface area contributed by atoms with Gasteiger partial charge in [0.25, 0.3) is 17.2 Å². The summed E-state index contributed by atoms with van der Waals surface area (Å²) in [5.74, 6) is -0.581. The van der Waals surface area contributed by atoms with E-state index in [1.807, 2.05) is 30.3 Å². The van der Waals surface area contributed by atoms with E-state index < -0.39 is 22.1 Å². The molecule has 0 unspecified atom stereocenters. The lowest BCUT2D eigenvalue weighted by molar-refractivity contribution is -0.384. The van der Waals surface area contributed by atoms with Crippen LogP contribution in [0.2, 0.25) is 10.0 Å². The third-order valence-electron chi connectivity index (χ3n) is 4.73. The van der Waals surface area contributed by atoms with Gasteiger partial charge in [-0.3, -0.25) is 24.7 Å². The second-order valence-corrected chi connectivity index (χ2v) is 7.80. The molecule has 0 spiro atoms. The van der Waals surface area contributed by atoms with Gasteiger partial charge in [0.2, 0.25) is 5.95 Å². The quantitative estimate of drug-likeness (QED) is 0.266. The Labute approximate surface area is 196 Å². The number of hydrogen-bond acceptors (Lipinski definition) is 6. The SMILES string of the molecule is O=C(NCc1ccccc1)c1cc([N+](=O)[O-])cc2c(=O)[nH]c(Nc3ccc(Cl)c(Cl)c3)nc12. The summed E-state index contributed by atoms with van der Waals surface area (Å²) in [5.41, 5.74) is 0.196. The first-order valence-corrected chi connectivity index (χ1v) is 10.3. The van der Waals surface area contributed by atoms with Gasteiger partial charge < -0.3 is 10.6 Å². The summed E-state index contributed by atoms with van der Waals surface area (Å²) in [7, 11) is 0. The third kappa shape index (κ3) is 4.94. The van der Waals surface area contributed by atoms with E-state index >= 15 is 0 Å². The summed E-state index contributed by atoms with van der Waals surface area (Å²) >= 11 is 11.9. The minimum absolute atomic E-state index is 0.0115. The zero-order valence-corrected chi connectivity index (χ0v) is 18.3. The van der Waals surface area contributed by atoms with E-state index in [-0.39, 0.29) is 29.0 Å². The maximum Gasteiger partial charge on any atom is 0.271 e. The first-order valence-electron chi connectivity index (χ1n) is 9.58. The lowest BCUT2D eigenvalue weighted by Gasteiger charge is -2.11. The number of aromatic amines is 1. The Balaban J connectivity index is 1.75. The monoisotopic (exact) mass is 483 g/mol. The number of non-ortho nitro benzene ring substituents is 1. The third-order valence-corrected chi connectivity index (χ3v) is 5.47. The number of hydrogen-bond donors (Lipinski definition) is 3. The van der Waals surface area contributed by atoms with Gasteiger partial charge in [0, 0.05) is 24.4 Å². The van der Waals surface area contributed by atoms with Crippen LogP contribution in [-0.4, -0.2) is 20.8 Å². The molecule has 0 atom stereocenters. The number of amides is 1. The molecule has 3 N–H and O–H groups in total. The van der Waals surface area contributed by atoms with Crippen LogP contribution in [0.5, 0.6) is 0 Å². The second-order valence-electron chi connectivity index (χ2n) is 6.98. The van der Waals surface area contributed by atoms with E-state index in [0.717, 1.165) is 17.7 Å². The highest BCUT2D eigenvalue weighted by Gasteiger charge is 2.20. The van der Waals surface area contributed by atoms with Crippen LogP contribution in [0.4, 0.5) is 17.3 Å². The van der Waals surface area contributed by atoms with Crippen molar-refractivity contribution >= 4 is 57.3 Å². The normalized spacial score (nSPS) is 10.7. The van der Waals surface area contributed by atoms with Gasteiger partial charge in [0.15, 0.2) is 0 Å². The summed E-state index contributed by atoms with van der Waals surface area (Å²) in [6.07, 6.45) is 0. The molecular formula is C22H15Cl2N5O4. The molecule has 0 radical (unpaired) electrons. The van der Waals surface area contributed by atoms with Gasteiger partial charge >= 0.3 is 0 Å². The number of nitro benzene ring substituents is 1. The molecule has 1 heterocycles. The summed E-state index contributed by atoms with van der Waals surface area (Å²) in [6.45, 7) is 0.196. The minimum atomic E-state index is -0.672. The Hall–Kier alpha value is -3.95. The summed E-state index contributed by atoms with van der Waals surface area (Å²) < 4.78 is 0. The maximum absolute atomic E-state index is 12.9. The molecule has 0 saturated carbocycles. The molecule has 0 aliphatic carbocycles. The molecule has 166 valence electrons. The summed E-state index contributed by atoms with van der Waals surface area (Å²) in [4.78, 5) is 43.2. The number of nitro groups is 1. The molecule has 1 aromatic heterocycles. The van der Waals surface area contributed by atoms with Crippen LogP contribution >= 0.6 is 23.2 Å². The Morgan fingerprint density at radius 1 is 1.06 bits per heavy atom. The topological polar surface area (TPSA) is 130 Å². The van der Waals surface area contributed by atoms with Crippen molar-refractivity contribution in [3.63, 3.8) is 0 Å². The molecular weight excluding hydrogens is 469 g/mol. The molecule has 1 amide bonds. The number of carbonyl (C=O) groups is 1. The average molecular weight is 484 g/mol. The van der Waals surface area contributed by atoms with E-state index in [9.17, 15) is 19.7 Å². The Morgan fingerprint density at radius 3 is 2.52 bits per heavy atom. The highest BCUT2D eigenvalue weighted by Crippen LogP contribution is 2.27. The molecule has 33 heavy (non-hydrogen) atoms. The van der Waals surface area contributed by atoms with Crippen molar-refractivity contribution in [2.45, 2.75) is 6.54 Å². The number of rotatable bonds is 6. The van der Waals surface area contributed by atoms with Crippen LogP contribution in [0.15, 0.2) is 65.5 Å². The van der Waals surface area contributed by atoms with Gasteiger partial charge in [0.1, 0.15) is 0 Å². The molecule has 0 aliphatic rings. The maximum atomic E-state index is 12.9. The number of aromatic nitrogens is 2. The fraction of sp³-hybridized carbons (Fsp3) is 0.0455. The predicted molar refractivity (Wildman–Crippen MR) is 126 cm³/mol. The van der Waals surface area contributed by atoms with Crippen molar-refractivity contribution < 1.29 is 9.72 Å². The molecule has 4 rings (SSSR count). The smallest absolute Gasteiger partial charge is 0.271 e. The van der Waals surface area contributed by atoms with Gasteiger partial charge in [-0.1, -0.05) is 53.5 Å². The summed E-state index contributed by atoms with van der Waals surface area (Å²) in [6, 6.07) is 16.1. The lowest BCUT2D eigenvalue weighted by Crippen LogP contribution is -2.24. The van der Waals surface area contributed by atoms with Crippen molar-refractivity contribution in [1.29, 1.82) is 0 Å². The Kier molecular flexibility index (Phi) is 6.25. The molecule has 0 saturated heterocycles. The fourth-order valence-corrected chi connectivity index (χ4v) is 3.45. The van der Waals surface area contributed by atoms with Crippen molar-refractivity contribution in [2.75, 3.05) is 5.32 Å².